The van der Waals surface area contributed by atoms with Crippen LogP contribution in [0.2, 0.25) is 0 Å². The highest BCUT2D eigenvalue weighted by Gasteiger charge is 2.72. The van der Waals surface area contributed by atoms with Gasteiger partial charge in [-0.2, -0.15) is 0 Å². The lowest BCUT2D eigenvalue weighted by molar-refractivity contribution is -0.199. The third-order valence-corrected chi connectivity index (χ3v) is 6.42. The predicted molar refractivity (Wildman–Crippen MR) is 92.2 cm³/mol. The van der Waals surface area contributed by atoms with Crippen molar-refractivity contribution in [1.29, 1.82) is 0 Å². The van der Waals surface area contributed by atoms with E-state index in [4.69, 9.17) is 18.9 Å². The first kappa shape index (κ1) is 18.0. The molecule has 1 saturated carbocycles. The minimum atomic E-state index is -0.816. The van der Waals surface area contributed by atoms with Gasteiger partial charge in [0, 0.05) is 28.1 Å². The zero-order valence-electron chi connectivity index (χ0n) is 15.5. The quantitative estimate of drug-likeness (QED) is 0.320. The smallest absolute Gasteiger partial charge is 0.334 e. The summed E-state index contributed by atoms with van der Waals surface area (Å²) in [6, 6.07) is 0. The van der Waals surface area contributed by atoms with Crippen molar-refractivity contribution in [1.82, 2.24) is 0 Å². The van der Waals surface area contributed by atoms with Gasteiger partial charge in [-0.15, -0.1) is 0 Å². The van der Waals surface area contributed by atoms with Crippen LogP contribution in [0.4, 0.5) is 0 Å². The van der Waals surface area contributed by atoms with Gasteiger partial charge in [0.15, 0.2) is 6.10 Å². The molecule has 27 heavy (non-hydrogen) atoms. The van der Waals surface area contributed by atoms with Gasteiger partial charge in [-0.05, 0) is 13.8 Å². The fourth-order valence-corrected chi connectivity index (χ4v) is 4.69. The van der Waals surface area contributed by atoms with E-state index in [1.54, 1.807) is 19.9 Å². The molecule has 0 spiro atoms. The standard InChI is InChI=1S/C20H22O7/c1-6-8(2)17(21)27-16-15-12(9(3)18(22)26-15)14-13(10(4)19(23)25-14)20(16,5)11-7-24-11/h6,11-16H,3-4,7H2,1-2,5H3/b8-6+/t11-,12-,13+,14+,15-,16+,20+/m1/s1. The van der Waals surface area contributed by atoms with Crippen molar-refractivity contribution in [2.24, 2.45) is 17.3 Å². The van der Waals surface area contributed by atoms with Crippen molar-refractivity contribution in [2.75, 3.05) is 6.61 Å². The van der Waals surface area contributed by atoms with E-state index >= 15 is 0 Å². The van der Waals surface area contributed by atoms with Crippen LogP contribution < -0.4 is 0 Å². The summed E-state index contributed by atoms with van der Waals surface area (Å²) in [5.41, 5.74) is 0.143. The third-order valence-electron chi connectivity index (χ3n) is 6.42. The fourth-order valence-electron chi connectivity index (χ4n) is 4.69. The zero-order chi connectivity index (χ0) is 19.7. The Morgan fingerprint density at radius 1 is 1.19 bits per heavy atom. The first-order chi connectivity index (χ1) is 12.7. The Bertz CT molecular complexity index is 805. The highest BCUT2D eigenvalue weighted by atomic mass is 16.6. The Morgan fingerprint density at radius 2 is 1.78 bits per heavy atom. The fraction of sp³-hybridized carbons (Fsp3) is 0.550. The molecule has 3 aliphatic heterocycles. The Hall–Kier alpha value is -2.41. The van der Waals surface area contributed by atoms with Crippen molar-refractivity contribution in [3.63, 3.8) is 0 Å². The van der Waals surface area contributed by atoms with Gasteiger partial charge in [-0.25, -0.2) is 14.4 Å². The van der Waals surface area contributed by atoms with Gasteiger partial charge >= 0.3 is 17.9 Å². The van der Waals surface area contributed by atoms with E-state index in [9.17, 15) is 14.4 Å². The van der Waals surface area contributed by atoms with Crippen LogP contribution in [0.15, 0.2) is 36.0 Å². The molecule has 0 N–H and O–H groups in total. The molecular weight excluding hydrogens is 352 g/mol. The average molecular weight is 374 g/mol. The molecule has 7 atom stereocenters. The lowest BCUT2D eigenvalue weighted by Crippen LogP contribution is -2.62. The number of rotatable bonds is 3. The molecule has 1 aliphatic carbocycles. The molecule has 3 saturated heterocycles. The molecule has 4 rings (SSSR count). The van der Waals surface area contributed by atoms with E-state index in [-0.39, 0.29) is 11.7 Å². The van der Waals surface area contributed by atoms with E-state index in [1.165, 1.54) is 0 Å². The molecule has 4 fully saturated rings. The maximum absolute atomic E-state index is 12.5. The van der Waals surface area contributed by atoms with Crippen LogP contribution >= 0.6 is 0 Å². The molecule has 0 radical (unpaired) electrons. The summed E-state index contributed by atoms with van der Waals surface area (Å²) in [6.45, 7) is 13.5. The highest BCUT2D eigenvalue weighted by Crippen LogP contribution is 2.60. The van der Waals surface area contributed by atoms with Crippen molar-refractivity contribution >= 4 is 17.9 Å². The second kappa shape index (κ2) is 5.79. The number of allylic oxidation sites excluding steroid dienone is 1. The van der Waals surface area contributed by atoms with Crippen LogP contribution in [0.25, 0.3) is 0 Å². The number of fused-ring (bicyclic) bond motifs is 3. The summed E-state index contributed by atoms with van der Waals surface area (Å²) in [6.07, 6.45) is -0.841. The second-order valence-electron chi connectivity index (χ2n) is 7.78. The Labute approximate surface area is 157 Å². The molecule has 3 heterocycles. The zero-order valence-corrected chi connectivity index (χ0v) is 15.5. The summed E-state index contributed by atoms with van der Waals surface area (Å²) in [5.74, 6) is -2.63. The largest absolute Gasteiger partial charge is 0.458 e. The SMILES string of the molecule is C=C1C(=O)O[C@@H]2[C@H]1[C@@H]1OC(=O)C(=C)[C@@H]1[C@](C)([C@H]1CO1)[C@H]2OC(=O)/C(C)=C/C. The molecule has 7 nitrogen and oxygen atoms in total. The summed E-state index contributed by atoms with van der Waals surface area (Å²) in [4.78, 5) is 37.1. The number of carbonyl (C=O) groups excluding carboxylic acids is 3. The number of esters is 3. The molecular formula is C20H22O7. The number of ether oxygens (including phenoxy) is 4. The molecule has 0 aromatic rings. The number of hydrogen-bond donors (Lipinski definition) is 0. The molecule has 0 amide bonds. The lowest BCUT2D eigenvalue weighted by Gasteiger charge is -2.50. The minimum Gasteiger partial charge on any atom is -0.458 e. The Balaban J connectivity index is 1.82. The van der Waals surface area contributed by atoms with Crippen LogP contribution in [0, 0.1) is 17.3 Å². The van der Waals surface area contributed by atoms with Crippen molar-refractivity contribution in [3.8, 4) is 0 Å². The number of epoxide rings is 1. The van der Waals surface area contributed by atoms with Crippen molar-refractivity contribution < 1.29 is 33.3 Å². The molecule has 0 aromatic heterocycles. The van der Waals surface area contributed by atoms with Gasteiger partial charge < -0.3 is 18.9 Å². The van der Waals surface area contributed by atoms with Gasteiger partial charge in [0.2, 0.25) is 0 Å². The van der Waals surface area contributed by atoms with Crippen LogP contribution in [-0.4, -0.2) is 48.9 Å². The van der Waals surface area contributed by atoms with Crippen LogP contribution in [0.5, 0.6) is 0 Å². The normalized spacial score (nSPS) is 43.0. The van der Waals surface area contributed by atoms with E-state index in [1.807, 2.05) is 6.92 Å². The highest BCUT2D eigenvalue weighted by molar-refractivity contribution is 5.94. The topological polar surface area (TPSA) is 91.4 Å². The van der Waals surface area contributed by atoms with Crippen LogP contribution in [0.3, 0.4) is 0 Å². The lowest BCUT2D eigenvalue weighted by atomic mass is 9.56. The molecule has 4 aliphatic rings. The first-order valence-electron chi connectivity index (χ1n) is 8.96. The molecule has 0 aromatic carbocycles. The first-order valence-corrected chi connectivity index (χ1v) is 8.96. The van der Waals surface area contributed by atoms with E-state index in [0.29, 0.717) is 17.8 Å². The number of carbonyl (C=O) groups is 3. The van der Waals surface area contributed by atoms with Crippen LogP contribution in [0.1, 0.15) is 20.8 Å². The van der Waals surface area contributed by atoms with E-state index in [2.05, 4.69) is 13.2 Å². The van der Waals surface area contributed by atoms with Gasteiger partial charge in [-0.3, -0.25) is 0 Å². The van der Waals surface area contributed by atoms with Gasteiger partial charge in [0.05, 0.1) is 18.6 Å². The third kappa shape index (κ3) is 2.34. The second-order valence-corrected chi connectivity index (χ2v) is 7.78. The molecule has 144 valence electrons. The summed E-state index contributed by atoms with van der Waals surface area (Å²) >= 11 is 0. The van der Waals surface area contributed by atoms with Crippen LogP contribution in [-0.2, 0) is 33.3 Å². The van der Waals surface area contributed by atoms with Gasteiger partial charge in [-0.1, -0.05) is 26.2 Å². The molecule has 0 unspecified atom stereocenters. The predicted octanol–water partition coefficient (Wildman–Crippen LogP) is 1.48. The van der Waals surface area contributed by atoms with E-state index < -0.39 is 53.5 Å². The summed E-state index contributed by atoms with van der Waals surface area (Å²) < 4.78 is 22.5. The maximum Gasteiger partial charge on any atom is 0.334 e. The Kier molecular flexibility index (Phi) is 3.86. The maximum atomic E-state index is 12.5. The molecule has 0 bridgehead atoms. The summed E-state index contributed by atoms with van der Waals surface area (Å²) in [7, 11) is 0. The van der Waals surface area contributed by atoms with Gasteiger partial charge in [0.25, 0.3) is 0 Å². The molecule has 7 heteroatoms. The average Bonchev–Trinajstić information content (AvgIpc) is 3.39. The number of hydrogen-bond acceptors (Lipinski definition) is 7. The monoisotopic (exact) mass is 374 g/mol. The minimum absolute atomic E-state index is 0.222. The summed E-state index contributed by atoms with van der Waals surface area (Å²) in [5, 5.41) is 0. The van der Waals surface area contributed by atoms with Crippen molar-refractivity contribution in [3.05, 3.63) is 36.0 Å². The van der Waals surface area contributed by atoms with E-state index in [0.717, 1.165) is 0 Å². The Morgan fingerprint density at radius 3 is 2.37 bits per heavy atom. The van der Waals surface area contributed by atoms with Crippen molar-refractivity contribution in [2.45, 2.75) is 45.2 Å². The van der Waals surface area contributed by atoms with Gasteiger partial charge in [0.1, 0.15) is 12.2 Å².